The molecule has 0 unspecified atom stereocenters. The van der Waals surface area contributed by atoms with E-state index in [9.17, 15) is 13.2 Å². The number of hydrogen-bond acceptors (Lipinski definition) is 4. The molecule has 0 heterocycles. The summed E-state index contributed by atoms with van der Waals surface area (Å²) in [7, 11) is -2.63. The monoisotopic (exact) mass is 396 g/mol. The SMILES string of the molecule is CCc1ccc(NC(=O)[C@@H](C)NS(=O)(=O)c2cc(Cl)ccc2OC)cc1. The molecule has 6 nitrogen and oxygen atoms in total. The highest BCUT2D eigenvalue weighted by Gasteiger charge is 2.25. The Morgan fingerprint density at radius 2 is 1.85 bits per heavy atom. The first-order valence-corrected chi connectivity index (χ1v) is 9.88. The van der Waals surface area contributed by atoms with E-state index in [-0.39, 0.29) is 15.7 Å². The van der Waals surface area contributed by atoms with Gasteiger partial charge in [-0.15, -0.1) is 0 Å². The third-order valence-corrected chi connectivity index (χ3v) is 5.57. The van der Waals surface area contributed by atoms with Crippen molar-refractivity contribution in [2.24, 2.45) is 0 Å². The Morgan fingerprint density at radius 3 is 2.42 bits per heavy atom. The van der Waals surface area contributed by atoms with Crippen molar-refractivity contribution in [3.63, 3.8) is 0 Å². The third-order valence-electron chi connectivity index (χ3n) is 3.77. The van der Waals surface area contributed by atoms with Crippen LogP contribution < -0.4 is 14.8 Å². The maximum atomic E-state index is 12.6. The summed E-state index contributed by atoms with van der Waals surface area (Å²) >= 11 is 5.88. The first-order chi connectivity index (χ1) is 12.3. The van der Waals surface area contributed by atoms with Crippen LogP contribution in [0.2, 0.25) is 5.02 Å². The number of aryl methyl sites for hydroxylation is 1. The largest absolute Gasteiger partial charge is 0.495 e. The number of hydrogen-bond donors (Lipinski definition) is 2. The zero-order valence-electron chi connectivity index (χ0n) is 14.7. The highest BCUT2D eigenvalue weighted by molar-refractivity contribution is 7.89. The lowest BCUT2D eigenvalue weighted by molar-refractivity contribution is -0.117. The Hall–Kier alpha value is -2.09. The number of nitrogens with one attached hydrogen (secondary N) is 2. The second-order valence-electron chi connectivity index (χ2n) is 5.68. The molecule has 1 atom stereocenters. The Labute approximate surface area is 158 Å². The van der Waals surface area contributed by atoms with Crippen molar-refractivity contribution in [1.82, 2.24) is 4.72 Å². The van der Waals surface area contributed by atoms with Crippen molar-refractivity contribution in [3.8, 4) is 5.75 Å². The van der Waals surface area contributed by atoms with Crippen LogP contribution in [0.4, 0.5) is 5.69 Å². The molecule has 0 saturated heterocycles. The summed E-state index contributed by atoms with van der Waals surface area (Å²) in [5, 5.41) is 2.93. The predicted molar refractivity (Wildman–Crippen MR) is 102 cm³/mol. The molecule has 26 heavy (non-hydrogen) atoms. The molecule has 2 rings (SSSR count). The Morgan fingerprint density at radius 1 is 1.19 bits per heavy atom. The average Bonchev–Trinajstić information content (AvgIpc) is 2.62. The van der Waals surface area contributed by atoms with Gasteiger partial charge in [0, 0.05) is 10.7 Å². The number of amides is 1. The summed E-state index contributed by atoms with van der Waals surface area (Å²) in [6, 6.07) is 10.6. The Balaban J connectivity index is 2.13. The van der Waals surface area contributed by atoms with Crippen LogP contribution in [0.3, 0.4) is 0 Å². The number of anilines is 1. The fourth-order valence-corrected chi connectivity index (χ4v) is 3.92. The second kappa shape index (κ2) is 8.53. The number of halogens is 1. The van der Waals surface area contributed by atoms with Gasteiger partial charge in [-0.25, -0.2) is 8.42 Å². The fraction of sp³-hybridized carbons (Fsp3) is 0.278. The van der Waals surface area contributed by atoms with Crippen molar-refractivity contribution in [1.29, 1.82) is 0 Å². The molecule has 0 aliphatic carbocycles. The van der Waals surface area contributed by atoms with E-state index in [2.05, 4.69) is 10.0 Å². The van der Waals surface area contributed by atoms with Gasteiger partial charge in [0.25, 0.3) is 0 Å². The number of rotatable bonds is 7. The van der Waals surface area contributed by atoms with Gasteiger partial charge in [-0.3, -0.25) is 4.79 Å². The van der Waals surface area contributed by atoms with Crippen LogP contribution in [-0.2, 0) is 21.2 Å². The van der Waals surface area contributed by atoms with Crippen LogP contribution in [-0.4, -0.2) is 27.5 Å². The lowest BCUT2D eigenvalue weighted by atomic mass is 10.1. The summed E-state index contributed by atoms with van der Waals surface area (Å²) in [4.78, 5) is 12.2. The minimum absolute atomic E-state index is 0.126. The molecule has 2 aromatic carbocycles. The number of sulfonamides is 1. The van der Waals surface area contributed by atoms with E-state index < -0.39 is 22.0 Å². The van der Waals surface area contributed by atoms with Crippen molar-refractivity contribution in [2.45, 2.75) is 31.2 Å². The molecule has 2 aromatic rings. The first kappa shape index (κ1) is 20.2. The molecular weight excluding hydrogens is 376 g/mol. The number of carbonyl (C=O) groups is 1. The quantitative estimate of drug-likeness (QED) is 0.752. The summed E-state index contributed by atoms with van der Waals surface area (Å²) in [6.45, 7) is 3.50. The number of benzene rings is 2. The lowest BCUT2D eigenvalue weighted by Gasteiger charge is -2.16. The topological polar surface area (TPSA) is 84.5 Å². The highest BCUT2D eigenvalue weighted by Crippen LogP contribution is 2.27. The van der Waals surface area contributed by atoms with Gasteiger partial charge in [0.05, 0.1) is 13.2 Å². The van der Waals surface area contributed by atoms with Crippen molar-refractivity contribution in [2.75, 3.05) is 12.4 Å². The molecular formula is C18H21ClN2O4S. The number of methoxy groups -OCH3 is 1. The van der Waals surface area contributed by atoms with E-state index in [0.29, 0.717) is 5.69 Å². The molecule has 0 aliphatic rings. The first-order valence-electron chi connectivity index (χ1n) is 8.02. The van der Waals surface area contributed by atoms with Crippen molar-refractivity contribution < 1.29 is 17.9 Å². The van der Waals surface area contributed by atoms with E-state index in [1.807, 2.05) is 19.1 Å². The van der Waals surface area contributed by atoms with Gasteiger partial charge in [-0.05, 0) is 49.2 Å². The lowest BCUT2D eigenvalue weighted by Crippen LogP contribution is -2.41. The summed E-state index contributed by atoms with van der Waals surface area (Å²) < 4.78 is 32.6. The van der Waals surface area contributed by atoms with Crippen LogP contribution in [0.5, 0.6) is 5.75 Å². The summed E-state index contributed by atoms with van der Waals surface area (Å²) in [6.07, 6.45) is 0.895. The van der Waals surface area contributed by atoms with E-state index >= 15 is 0 Å². The van der Waals surface area contributed by atoms with Gasteiger partial charge in [0.15, 0.2) is 0 Å². The van der Waals surface area contributed by atoms with Crippen molar-refractivity contribution >= 4 is 33.2 Å². The van der Waals surface area contributed by atoms with Gasteiger partial charge >= 0.3 is 0 Å². The third kappa shape index (κ3) is 4.97. The number of ether oxygens (including phenoxy) is 1. The van der Waals surface area contributed by atoms with Gasteiger partial charge in [-0.2, -0.15) is 4.72 Å². The molecule has 0 spiro atoms. The average molecular weight is 397 g/mol. The van der Waals surface area contributed by atoms with E-state index in [1.54, 1.807) is 12.1 Å². The Kier molecular flexibility index (Phi) is 6.63. The minimum Gasteiger partial charge on any atom is -0.495 e. The van der Waals surface area contributed by atoms with Crippen LogP contribution in [0.1, 0.15) is 19.4 Å². The predicted octanol–water partition coefficient (Wildman–Crippen LogP) is 3.22. The van der Waals surface area contributed by atoms with Crippen LogP contribution >= 0.6 is 11.6 Å². The smallest absolute Gasteiger partial charge is 0.245 e. The maximum Gasteiger partial charge on any atom is 0.245 e. The molecule has 0 aliphatic heterocycles. The molecule has 0 radical (unpaired) electrons. The van der Waals surface area contributed by atoms with E-state index in [1.165, 1.54) is 32.2 Å². The van der Waals surface area contributed by atoms with Gasteiger partial charge in [0.1, 0.15) is 10.6 Å². The van der Waals surface area contributed by atoms with E-state index in [4.69, 9.17) is 16.3 Å². The molecule has 1 amide bonds. The maximum absolute atomic E-state index is 12.6. The normalized spacial score (nSPS) is 12.5. The molecule has 2 N–H and O–H groups in total. The molecule has 0 aromatic heterocycles. The number of carbonyl (C=O) groups excluding carboxylic acids is 1. The molecule has 0 bridgehead atoms. The zero-order chi connectivity index (χ0) is 19.3. The van der Waals surface area contributed by atoms with Gasteiger partial charge in [0.2, 0.25) is 15.9 Å². The van der Waals surface area contributed by atoms with Crippen LogP contribution in [0.15, 0.2) is 47.4 Å². The van der Waals surface area contributed by atoms with Crippen LogP contribution in [0, 0.1) is 0 Å². The van der Waals surface area contributed by atoms with Crippen LogP contribution in [0.25, 0.3) is 0 Å². The fourth-order valence-electron chi connectivity index (χ4n) is 2.28. The van der Waals surface area contributed by atoms with Gasteiger partial charge in [-0.1, -0.05) is 30.7 Å². The molecule has 0 saturated carbocycles. The second-order valence-corrected chi connectivity index (χ2v) is 7.80. The molecule has 0 fully saturated rings. The van der Waals surface area contributed by atoms with Crippen molar-refractivity contribution in [3.05, 3.63) is 53.1 Å². The molecule has 8 heteroatoms. The standard InChI is InChI=1S/C18H21ClN2O4S/c1-4-13-5-8-15(9-6-13)20-18(22)12(2)21-26(23,24)17-11-14(19)7-10-16(17)25-3/h5-12,21H,4H2,1-3H3,(H,20,22)/t12-/m1/s1. The molecule has 140 valence electrons. The summed E-state index contributed by atoms with van der Waals surface area (Å²) in [5.74, 6) is -0.330. The van der Waals surface area contributed by atoms with E-state index in [0.717, 1.165) is 12.0 Å². The highest BCUT2D eigenvalue weighted by atomic mass is 35.5. The minimum atomic E-state index is -3.99. The zero-order valence-corrected chi connectivity index (χ0v) is 16.3. The summed E-state index contributed by atoms with van der Waals surface area (Å²) in [5.41, 5.74) is 1.74. The Bertz CT molecular complexity index is 883. The van der Waals surface area contributed by atoms with Gasteiger partial charge < -0.3 is 10.1 Å².